The van der Waals surface area contributed by atoms with E-state index in [2.05, 4.69) is 20.8 Å². The molecule has 4 rings (SSSR count). The number of nitrogens with zero attached hydrogens (tertiary/aromatic N) is 1. The Labute approximate surface area is 164 Å². The van der Waals surface area contributed by atoms with Crippen LogP contribution >= 0.6 is 15.9 Å². The Morgan fingerprint density at radius 2 is 2.08 bits per heavy atom. The van der Waals surface area contributed by atoms with E-state index in [-0.39, 0.29) is 5.91 Å². The normalized spacial score (nSPS) is 22.8. The minimum Gasteiger partial charge on any atom is -0.493 e. The Kier molecular flexibility index (Phi) is 5.18. The highest BCUT2D eigenvalue weighted by Crippen LogP contribution is 2.56. The second kappa shape index (κ2) is 7.41. The highest BCUT2D eigenvalue weighted by atomic mass is 79.9. The van der Waals surface area contributed by atoms with Gasteiger partial charge in [0.25, 0.3) is 5.91 Å². The molecule has 1 spiro atoms. The van der Waals surface area contributed by atoms with Gasteiger partial charge in [0, 0.05) is 23.5 Å². The first-order valence-corrected chi connectivity index (χ1v) is 11.0. The average molecular weight is 422 g/mol. The maximum atomic E-state index is 13.2. The Hall–Kier alpha value is -1.23. The summed E-state index contributed by atoms with van der Waals surface area (Å²) in [6, 6.07) is 4.37. The van der Waals surface area contributed by atoms with Crippen molar-refractivity contribution in [3.05, 3.63) is 23.3 Å². The monoisotopic (exact) mass is 421 g/mol. The predicted octanol–water partition coefficient (Wildman–Crippen LogP) is 4.58. The van der Waals surface area contributed by atoms with Crippen LogP contribution in [0.25, 0.3) is 0 Å². The van der Waals surface area contributed by atoms with Crippen LogP contribution in [0.1, 0.15) is 60.9 Å². The van der Waals surface area contributed by atoms with Crippen LogP contribution in [0.5, 0.6) is 11.5 Å². The van der Waals surface area contributed by atoms with Crippen molar-refractivity contribution in [3.63, 3.8) is 0 Å². The van der Waals surface area contributed by atoms with Crippen molar-refractivity contribution in [2.45, 2.75) is 57.4 Å². The van der Waals surface area contributed by atoms with E-state index in [1.54, 1.807) is 7.11 Å². The summed E-state index contributed by atoms with van der Waals surface area (Å²) < 4.78 is 11.5. The number of hydrogen-bond acceptors (Lipinski definition) is 3. The number of fused-ring (bicyclic) bond motifs is 2. The maximum Gasteiger partial charge on any atom is 0.254 e. The Morgan fingerprint density at radius 3 is 2.81 bits per heavy atom. The van der Waals surface area contributed by atoms with E-state index in [1.165, 1.54) is 19.3 Å². The molecule has 5 heteroatoms. The van der Waals surface area contributed by atoms with Crippen molar-refractivity contribution in [1.82, 2.24) is 4.90 Å². The van der Waals surface area contributed by atoms with Crippen LogP contribution in [-0.2, 0) is 6.42 Å². The third kappa shape index (κ3) is 3.47. The fourth-order valence-electron chi connectivity index (χ4n) is 4.51. The van der Waals surface area contributed by atoms with Crippen LogP contribution < -0.4 is 9.47 Å². The van der Waals surface area contributed by atoms with E-state index in [9.17, 15) is 4.79 Å². The number of hydrogen-bond donors (Lipinski definition) is 0. The first kappa shape index (κ1) is 18.1. The van der Waals surface area contributed by atoms with Crippen LogP contribution in [0.4, 0.5) is 0 Å². The first-order valence-electron chi connectivity index (χ1n) is 9.86. The van der Waals surface area contributed by atoms with Crippen molar-refractivity contribution < 1.29 is 14.3 Å². The van der Waals surface area contributed by atoms with Crippen LogP contribution in [0.2, 0.25) is 0 Å². The number of methoxy groups -OCH3 is 1. The molecule has 0 bridgehead atoms. The van der Waals surface area contributed by atoms with E-state index < -0.39 is 0 Å². The Morgan fingerprint density at radius 1 is 1.23 bits per heavy atom. The lowest BCUT2D eigenvalue weighted by Crippen LogP contribution is -2.34. The number of carbonyl (C=O) groups is 1. The van der Waals surface area contributed by atoms with Crippen molar-refractivity contribution in [2.75, 3.05) is 25.6 Å². The third-order valence-electron chi connectivity index (χ3n) is 6.24. The summed E-state index contributed by atoms with van der Waals surface area (Å²) in [5.74, 6) is 1.64. The molecule has 2 fully saturated rings. The van der Waals surface area contributed by atoms with Crippen LogP contribution in [0.15, 0.2) is 12.1 Å². The Balaban J connectivity index is 1.52. The molecule has 0 aromatic heterocycles. The van der Waals surface area contributed by atoms with Gasteiger partial charge in [-0.3, -0.25) is 4.79 Å². The molecule has 0 N–H and O–H groups in total. The topological polar surface area (TPSA) is 38.8 Å². The van der Waals surface area contributed by atoms with E-state index in [0.717, 1.165) is 60.9 Å². The zero-order valence-corrected chi connectivity index (χ0v) is 17.1. The lowest BCUT2D eigenvalue weighted by Gasteiger charge is -2.22. The van der Waals surface area contributed by atoms with E-state index in [4.69, 9.17) is 9.47 Å². The Bertz CT molecular complexity index is 686. The fourth-order valence-corrected chi connectivity index (χ4v) is 4.91. The minimum absolute atomic E-state index is 0.188. The summed E-state index contributed by atoms with van der Waals surface area (Å²) in [5, 5.41) is 1.04. The van der Waals surface area contributed by atoms with Gasteiger partial charge in [0.05, 0.1) is 13.7 Å². The molecule has 4 nitrogen and oxygen atoms in total. The number of unbranched alkanes of at least 4 members (excludes halogenated alkanes) is 2. The summed E-state index contributed by atoms with van der Waals surface area (Å²) in [5.41, 5.74) is 2.39. The van der Waals surface area contributed by atoms with Crippen LogP contribution in [0, 0.1) is 5.41 Å². The van der Waals surface area contributed by atoms with Gasteiger partial charge in [-0.05, 0) is 74.5 Å². The maximum absolute atomic E-state index is 13.2. The number of rotatable bonds is 7. The van der Waals surface area contributed by atoms with Crippen LogP contribution in [-0.4, -0.2) is 42.4 Å². The number of ether oxygens (including phenoxy) is 2. The van der Waals surface area contributed by atoms with Crippen molar-refractivity contribution in [2.24, 2.45) is 5.41 Å². The van der Waals surface area contributed by atoms with E-state index in [0.29, 0.717) is 23.8 Å². The first-order chi connectivity index (χ1) is 12.7. The molecule has 26 heavy (non-hydrogen) atoms. The lowest BCUT2D eigenvalue weighted by molar-refractivity contribution is 0.0734. The molecule has 142 valence electrons. The number of amides is 1. The zero-order chi connectivity index (χ0) is 18.1. The molecule has 2 aliphatic heterocycles. The van der Waals surface area contributed by atoms with Crippen molar-refractivity contribution in [1.29, 1.82) is 0 Å². The second-order valence-electron chi connectivity index (χ2n) is 8.09. The number of benzene rings is 1. The number of carbonyl (C=O) groups excluding carboxylic acids is 1. The highest BCUT2D eigenvalue weighted by Gasteiger charge is 2.53. The third-order valence-corrected chi connectivity index (χ3v) is 6.80. The summed E-state index contributed by atoms with van der Waals surface area (Å²) in [6.07, 6.45) is 9.15. The largest absolute Gasteiger partial charge is 0.493 e. The van der Waals surface area contributed by atoms with Gasteiger partial charge in [0.15, 0.2) is 11.5 Å². The molecule has 3 aliphatic rings. The molecule has 1 aromatic carbocycles. The molecule has 1 aromatic rings. The van der Waals surface area contributed by atoms with E-state index >= 15 is 0 Å². The van der Waals surface area contributed by atoms with Gasteiger partial charge in [-0.15, -0.1) is 0 Å². The van der Waals surface area contributed by atoms with Gasteiger partial charge >= 0.3 is 0 Å². The van der Waals surface area contributed by atoms with Gasteiger partial charge in [-0.25, -0.2) is 0 Å². The van der Waals surface area contributed by atoms with Crippen LogP contribution in [0.3, 0.4) is 0 Å². The fraction of sp³-hybridized carbons (Fsp3) is 0.667. The van der Waals surface area contributed by atoms with Gasteiger partial charge in [0.2, 0.25) is 0 Å². The smallest absolute Gasteiger partial charge is 0.254 e. The molecular formula is C21H28BrNO3. The molecule has 1 saturated heterocycles. The standard InChI is InChI=1S/C21H28BrNO3/c1-25-18-12-17-15(11-19(18)26-10-4-2-3-9-22)5-6-16-13-21(7-8-21)14-23(16)20(17)24/h11-12,16H,2-10,13-14H2,1H3/t16-/m1/s1. The van der Waals surface area contributed by atoms with E-state index in [1.807, 2.05) is 12.1 Å². The summed E-state index contributed by atoms with van der Waals surface area (Å²) in [6.45, 7) is 1.64. The molecule has 1 aliphatic carbocycles. The number of halogens is 1. The van der Waals surface area contributed by atoms with Gasteiger partial charge in [-0.2, -0.15) is 0 Å². The quantitative estimate of drug-likeness (QED) is 0.477. The van der Waals surface area contributed by atoms with Gasteiger partial charge in [-0.1, -0.05) is 15.9 Å². The summed E-state index contributed by atoms with van der Waals surface area (Å²) in [4.78, 5) is 15.3. The summed E-state index contributed by atoms with van der Waals surface area (Å²) in [7, 11) is 1.65. The minimum atomic E-state index is 0.188. The molecular weight excluding hydrogens is 394 g/mol. The molecule has 0 unspecified atom stereocenters. The average Bonchev–Trinajstić information content (AvgIpc) is 3.32. The predicted molar refractivity (Wildman–Crippen MR) is 106 cm³/mol. The molecule has 1 amide bonds. The highest BCUT2D eigenvalue weighted by molar-refractivity contribution is 9.09. The second-order valence-corrected chi connectivity index (χ2v) is 8.88. The number of aryl methyl sites for hydroxylation is 1. The number of alkyl halides is 1. The SMILES string of the molecule is COc1cc2c(cc1OCCCCCBr)CC[C@@H]1CC3(CC3)CN1C2=O. The van der Waals surface area contributed by atoms with Crippen molar-refractivity contribution >= 4 is 21.8 Å². The molecule has 2 heterocycles. The molecule has 1 saturated carbocycles. The van der Waals surface area contributed by atoms with Gasteiger partial charge < -0.3 is 14.4 Å². The molecule has 0 radical (unpaired) electrons. The van der Waals surface area contributed by atoms with Crippen molar-refractivity contribution in [3.8, 4) is 11.5 Å². The lowest BCUT2D eigenvalue weighted by atomic mass is 9.97. The zero-order valence-electron chi connectivity index (χ0n) is 15.6. The summed E-state index contributed by atoms with van der Waals surface area (Å²) >= 11 is 3.46. The van der Waals surface area contributed by atoms with Gasteiger partial charge in [0.1, 0.15) is 0 Å². The molecule has 1 atom stereocenters.